The number of carbonyl (C=O) groups is 3. The van der Waals surface area contributed by atoms with Crippen LogP contribution in [0.25, 0.3) is 0 Å². The summed E-state index contributed by atoms with van der Waals surface area (Å²) in [5.41, 5.74) is 0. The van der Waals surface area contributed by atoms with Crippen LogP contribution in [-0.2, 0) is 41.6 Å². The van der Waals surface area contributed by atoms with Gasteiger partial charge < -0.3 is 45.3 Å². The Morgan fingerprint density at radius 3 is 1.03 bits per heavy atom. The van der Waals surface area contributed by atoms with Gasteiger partial charge in [0.15, 0.2) is 0 Å². The van der Waals surface area contributed by atoms with Gasteiger partial charge in [-0.2, -0.15) is 0 Å². The molecule has 0 aliphatic heterocycles. The van der Waals surface area contributed by atoms with Gasteiger partial charge in [-0.3, -0.25) is 41.6 Å². The van der Waals surface area contributed by atoms with Gasteiger partial charge in [0.25, 0.3) is 0 Å². The Hall–Kier alpha value is -1.26. The molecule has 3 unspecified atom stereocenters. The van der Waals surface area contributed by atoms with Crippen molar-refractivity contribution in [1.82, 2.24) is 0 Å². The van der Waals surface area contributed by atoms with E-state index < -0.39 is 95.8 Å². The standard InChI is InChI=1S/C12H21O18P3/c13-4(14)1-31(22,23)28-10-8(20)7(19)9(21)11(29-32(24,25)2-5(15)16)12(10)30-33(26,27)3-6(17)18/h7-12,19-21H,1-3H2,(H,13,14)(H,15,16)(H,17,18)(H,22,23)(H,24,25)(H,26,27)/t7-,8-,9+,10-,11-,12-/m0/s1. The first-order valence-electron chi connectivity index (χ1n) is 8.47. The maximum Gasteiger partial charge on any atom is 0.339 e. The molecule has 1 rings (SSSR count). The lowest BCUT2D eigenvalue weighted by molar-refractivity contribution is -0.207. The highest BCUT2D eigenvalue weighted by Crippen LogP contribution is 2.53. The molecule has 0 aromatic carbocycles. The number of aliphatic hydroxyl groups excluding tert-OH is 3. The molecule has 9 N–H and O–H groups in total. The van der Waals surface area contributed by atoms with E-state index in [0.29, 0.717) is 0 Å². The number of carboxylic acids is 3. The zero-order valence-corrected chi connectivity index (χ0v) is 18.8. The Kier molecular flexibility index (Phi) is 9.91. The van der Waals surface area contributed by atoms with Gasteiger partial charge in [0.1, 0.15) is 55.1 Å². The van der Waals surface area contributed by atoms with Gasteiger partial charge in [0.2, 0.25) is 0 Å². The van der Waals surface area contributed by atoms with Gasteiger partial charge >= 0.3 is 40.7 Å². The largest absolute Gasteiger partial charge is 0.481 e. The first kappa shape index (κ1) is 29.8. The molecule has 0 radical (unpaired) electrons. The summed E-state index contributed by atoms with van der Waals surface area (Å²) < 4.78 is 49.9. The van der Waals surface area contributed by atoms with Crippen molar-refractivity contribution in [3.63, 3.8) is 0 Å². The third-order valence-corrected chi connectivity index (χ3v) is 7.61. The third-order valence-electron chi connectivity index (χ3n) is 3.89. The lowest BCUT2D eigenvalue weighted by atomic mass is 9.85. The summed E-state index contributed by atoms with van der Waals surface area (Å²) in [5.74, 6) is -5.70. The van der Waals surface area contributed by atoms with Crippen LogP contribution in [0.15, 0.2) is 0 Å². The molecule has 192 valence electrons. The highest BCUT2D eigenvalue weighted by atomic mass is 31.2. The zero-order chi connectivity index (χ0) is 25.9. The van der Waals surface area contributed by atoms with Crippen molar-refractivity contribution < 1.29 is 87.0 Å². The highest BCUT2D eigenvalue weighted by molar-refractivity contribution is 7.54. The summed E-state index contributed by atoms with van der Waals surface area (Å²) in [7, 11) is -15.8. The van der Waals surface area contributed by atoms with E-state index >= 15 is 0 Å². The average Bonchev–Trinajstić information content (AvgIpc) is 2.56. The van der Waals surface area contributed by atoms with Crippen molar-refractivity contribution in [2.45, 2.75) is 36.6 Å². The van der Waals surface area contributed by atoms with Crippen molar-refractivity contribution in [1.29, 1.82) is 0 Å². The molecule has 1 saturated carbocycles. The number of hydrogen-bond donors (Lipinski definition) is 9. The molecule has 0 saturated heterocycles. The topological polar surface area (TPSA) is 312 Å². The van der Waals surface area contributed by atoms with Gasteiger partial charge in [0.05, 0.1) is 0 Å². The second-order valence-corrected chi connectivity index (χ2v) is 12.2. The van der Waals surface area contributed by atoms with E-state index in [1.165, 1.54) is 0 Å². The molecule has 0 amide bonds. The summed E-state index contributed by atoms with van der Waals surface area (Å²) >= 11 is 0. The van der Waals surface area contributed by atoms with Crippen molar-refractivity contribution in [2.75, 3.05) is 18.5 Å². The van der Waals surface area contributed by atoms with E-state index in [9.17, 15) is 58.1 Å². The Morgan fingerprint density at radius 1 is 0.545 bits per heavy atom. The van der Waals surface area contributed by atoms with E-state index in [1.54, 1.807) is 0 Å². The molecule has 0 spiro atoms. The monoisotopic (exact) mass is 546 g/mol. The van der Waals surface area contributed by atoms with Crippen LogP contribution < -0.4 is 0 Å². The molecule has 1 fully saturated rings. The number of rotatable bonds is 12. The number of aliphatic carboxylic acids is 3. The van der Waals surface area contributed by atoms with Crippen LogP contribution in [0.3, 0.4) is 0 Å². The molecule has 0 heterocycles. The fourth-order valence-corrected chi connectivity index (χ4v) is 5.85. The van der Waals surface area contributed by atoms with Crippen molar-refractivity contribution in [3.8, 4) is 0 Å². The molecule has 9 atom stereocenters. The molecular formula is C12H21O18P3. The van der Waals surface area contributed by atoms with Gasteiger partial charge in [-0.05, 0) is 0 Å². The zero-order valence-electron chi connectivity index (χ0n) is 16.1. The first-order valence-corrected chi connectivity index (χ1v) is 13.8. The van der Waals surface area contributed by atoms with Crippen LogP contribution in [-0.4, -0.2) is 118 Å². The SMILES string of the molecule is O=C(O)CP(=O)(O)O[C@@H]1[C@@H](OP(=O)(O)CC(=O)O)[C@H](O)[C@@H](O)[C@H](O)[C@@H]1OP(=O)(O)CC(=O)O. The lowest BCUT2D eigenvalue weighted by Crippen LogP contribution is -2.65. The van der Waals surface area contributed by atoms with E-state index in [2.05, 4.69) is 13.6 Å². The molecule has 0 bridgehead atoms. The van der Waals surface area contributed by atoms with Crippen molar-refractivity contribution in [3.05, 3.63) is 0 Å². The van der Waals surface area contributed by atoms with Gasteiger partial charge in [-0.1, -0.05) is 0 Å². The molecule has 1 aliphatic rings. The van der Waals surface area contributed by atoms with Crippen LogP contribution in [0.2, 0.25) is 0 Å². The number of carboxylic acid groups (broad SMARTS) is 3. The number of hydrogen-bond acceptors (Lipinski definition) is 12. The molecule has 0 aromatic rings. The van der Waals surface area contributed by atoms with Crippen LogP contribution >= 0.6 is 22.8 Å². The van der Waals surface area contributed by atoms with Crippen LogP contribution in [0, 0.1) is 0 Å². The molecule has 18 nitrogen and oxygen atoms in total. The summed E-state index contributed by atoms with van der Waals surface area (Å²) in [4.78, 5) is 61.4. The summed E-state index contributed by atoms with van der Waals surface area (Å²) in [6.07, 6.45) is -19.9. The molecule has 21 heteroatoms. The minimum atomic E-state index is -5.29. The maximum absolute atomic E-state index is 12.1. The smallest absolute Gasteiger partial charge is 0.339 e. The summed E-state index contributed by atoms with van der Waals surface area (Å²) in [6, 6.07) is 0. The Labute approximate surface area is 183 Å². The molecular weight excluding hydrogens is 525 g/mol. The van der Waals surface area contributed by atoms with Crippen LogP contribution in [0.4, 0.5) is 0 Å². The van der Waals surface area contributed by atoms with Crippen LogP contribution in [0.1, 0.15) is 0 Å². The number of aliphatic hydroxyl groups is 3. The van der Waals surface area contributed by atoms with Crippen LogP contribution in [0.5, 0.6) is 0 Å². The molecule has 0 aromatic heterocycles. The Balaban J connectivity index is 3.50. The van der Waals surface area contributed by atoms with Gasteiger partial charge in [-0.15, -0.1) is 0 Å². The lowest BCUT2D eigenvalue weighted by Gasteiger charge is -2.45. The molecule has 1 aliphatic carbocycles. The van der Waals surface area contributed by atoms with Crippen molar-refractivity contribution >= 4 is 40.7 Å². The minimum Gasteiger partial charge on any atom is -0.481 e. The maximum atomic E-state index is 12.1. The second kappa shape index (κ2) is 11.0. The first-order chi connectivity index (χ1) is 14.8. The predicted octanol–water partition coefficient (Wildman–Crippen LogP) is -2.95. The quantitative estimate of drug-likeness (QED) is 0.110. The van der Waals surface area contributed by atoms with Gasteiger partial charge in [-0.25, -0.2) is 0 Å². The predicted molar refractivity (Wildman–Crippen MR) is 99.6 cm³/mol. The van der Waals surface area contributed by atoms with Gasteiger partial charge in [0, 0.05) is 0 Å². The summed E-state index contributed by atoms with van der Waals surface area (Å²) in [6.45, 7) is 0. The van der Waals surface area contributed by atoms with Crippen molar-refractivity contribution in [2.24, 2.45) is 0 Å². The fraction of sp³-hybridized carbons (Fsp3) is 0.750. The Bertz CT molecular complexity index is 850. The van der Waals surface area contributed by atoms with E-state index in [4.69, 9.17) is 15.3 Å². The van der Waals surface area contributed by atoms with E-state index in [0.717, 1.165) is 0 Å². The second-order valence-electron chi connectivity index (χ2n) is 6.75. The molecule has 33 heavy (non-hydrogen) atoms. The average molecular weight is 546 g/mol. The van der Waals surface area contributed by atoms with E-state index in [1.807, 2.05) is 0 Å². The third kappa shape index (κ3) is 9.13. The van der Waals surface area contributed by atoms with E-state index in [-0.39, 0.29) is 0 Å². The fourth-order valence-electron chi connectivity index (χ4n) is 2.73. The normalized spacial score (nSPS) is 33.3. The highest BCUT2D eigenvalue weighted by Gasteiger charge is 2.57. The Morgan fingerprint density at radius 2 is 0.788 bits per heavy atom. The minimum absolute atomic E-state index is 1.60. The summed E-state index contributed by atoms with van der Waals surface area (Å²) in [5, 5.41) is 56.4.